The van der Waals surface area contributed by atoms with Gasteiger partial charge in [-0.25, -0.2) is 4.98 Å². The van der Waals surface area contributed by atoms with Gasteiger partial charge in [0.1, 0.15) is 17.6 Å². The molecule has 0 atom stereocenters. The van der Waals surface area contributed by atoms with Crippen LogP contribution in [0.15, 0.2) is 65.1 Å². The molecular weight excluding hydrogens is 527 g/mol. The first-order valence-corrected chi connectivity index (χ1v) is 11.2. The Bertz CT molecular complexity index is 1390. The van der Waals surface area contributed by atoms with Gasteiger partial charge in [0.25, 0.3) is 5.91 Å². The van der Waals surface area contributed by atoms with E-state index in [0.717, 1.165) is 15.5 Å². The van der Waals surface area contributed by atoms with Crippen LogP contribution < -0.4 is 10.1 Å². The molecule has 0 fully saturated rings. The highest BCUT2D eigenvalue weighted by atomic mass is 79.9. The van der Waals surface area contributed by atoms with Crippen LogP contribution in [-0.4, -0.2) is 22.5 Å². The molecule has 0 unspecified atom stereocenters. The van der Waals surface area contributed by atoms with Crippen LogP contribution in [0.5, 0.6) is 5.75 Å². The van der Waals surface area contributed by atoms with Gasteiger partial charge in [0, 0.05) is 15.7 Å². The minimum Gasteiger partial charge on any atom is -0.483 e. The summed E-state index contributed by atoms with van der Waals surface area (Å²) in [5.41, 5.74) is 3.04. The molecule has 9 heteroatoms. The fraction of sp³-hybridized carbons (Fsp3) is 0.0417. The number of aromatic amines is 1. The van der Waals surface area contributed by atoms with Gasteiger partial charge >= 0.3 is 0 Å². The zero-order valence-electron chi connectivity index (χ0n) is 16.9. The summed E-state index contributed by atoms with van der Waals surface area (Å²) in [5.74, 6) is 0.511. The molecule has 6 nitrogen and oxygen atoms in total. The first kappa shape index (κ1) is 22.9. The van der Waals surface area contributed by atoms with Gasteiger partial charge in [0.05, 0.1) is 26.7 Å². The zero-order valence-corrected chi connectivity index (χ0v) is 20.0. The van der Waals surface area contributed by atoms with E-state index in [1.54, 1.807) is 42.5 Å². The molecule has 0 aliphatic carbocycles. The molecule has 3 aromatic carbocycles. The summed E-state index contributed by atoms with van der Waals surface area (Å²) in [7, 11) is 0. The van der Waals surface area contributed by atoms with Gasteiger partial charge in [0.15, 0.2) is 6.61 Å². The SMILES string of the molecule is N#C/C(=C\c1cc(Br)ccc1OCC(=O)Nc1ccc(Cl)c(Cl)c1)c1nc2ccccc2[nH]1. The number of nitrogens with zero attached hydrogens (tertiary/aromatic N) is 2. The van der Waals surface area contributed by atoms with E-state index < -0.39 is 0 Å². The molecule has 4 aromatic rings. The number of aromatic nitrogens is 2. The van der Waals surface area contributed by atoms with Crippen molar-refractivity contribution in [2.24, 2.45) is 0 Å². The molecule has 0 bridgehead atoms. The van der Waals surface area contributed by atoms with Crippen molar-refractivity contribution in [3.63, 3.8) is 0 Å². The minimum absolute atomic E-state index is 0.241. The third-order valence-electron chi connectivity index (χ3n) is 4.60. The number of hydrogen-bond donors (Lipinski definition) is 2. The molecule has 0 aliphatic heterocycles. The number of halogens is 3. The lowest BCUT2D eigenvalue weighted by Crippen LogP contribution is -2.20. The summed E-state index contributed by atoms with van der Waals surface area (Å²) < 4.78 is 6.54. The molecule has 4 rings (SSSR count). The highest BCUT2D eigenvalue weighted by Gasteiger charge is 2.12. The van der Waals surface area contributed by atoms with E-state index in [0.29, 0.717) is 38.4 Å². The predicted octanol–water partition coefficient (Wildman–Crippen LogP) is 6.71. The van der Waals surface area contributed by atoms with Crippen LogP contribution in [0.3, 0.4) is 0 Å². The summed E-state index contributed by atoms with van der Waals surface area (Å²) in [6.07, 6.45) is 1.66. The number of para-hydroxylation sites is 2. The Morgan fingerprint density at radius 3 is 2.73 bits per heavy atom. The maximum absolute atomic E-state index is 12.4. The predicted molar refractivity (Wildman–Crippen MR) is 134 cm³/mol. The Hall–Kier alpha value is -3.31. The van der Waals surface area contributed by atoms with Crippen LogP contribution in [0.2, 0.25) is 10.0 Å². The Balaban J connectivity index is 1.54. The molecular formula is C24H15BrCl2N4O2. The average Bonchev–Trinajstić information content (AvgIpc) is 3.23. The molecule has 0 aliphatic rings. The fourth-order valence-corrected chi connectivity index (χ4v) is 3.74. The standard InChI is InChI=1S/C24H15BrCl2N4O2/c25-16-5-8-22(33-13-23(32)29-17-6-7-18(26)19(27)11-17)14(10-16)9-15(12-28)24-30-20-3-1-2-4-21(20)31-24/h1-11H,13H2,(H,29,32)(H,30,31)/b15-9+. The second-order valence-corrected chi connectivity index (χ2v) is 8.65. The molecule has 0 radical (unpaired) electrons. The van der Waals surface area contributed by atoms with E-state index in [9.17, 15) is 10.1 Å². The van der Waals surface area contributed by atoms with Gasteiger partial charge in [-0.15, -0.1) is 0 Å². The molecule has 1 amide bonds. The van der Waals surface area contributed by atoms with Crippen molar-refractivity contribution in [1.29, 1.82) is 5.26 Å². The first-order valence-electron chi connectivity index (χ1n) is 9.67. The van der Waals surface area contributed by atoms with E-state index in [1.807, 2.05) is 24.3 Å². The number of imidazole rings is 1. The highest BCUT2D eigenvalue weighted by molar-refractivity contribution is 9.10. The topological polar surface area (TPSA) is 90.8 Å². The van der Waals surface area contributed by atoms with Crippen LogP contribution in [0.4, 0.5) is 5.69 Å². The summed E-state index contributed by atoms with van der Waals surface area (Å²) in [4.78, 5) is 20.0. The average molecular weight is 542 g/mol. The highest BCUT2D eigenvalue weighted by Crippen LogP contribution is 2.28. The lowest BCUT2D eigenvalue weighted by molar-refractivity contribution is -0.118. The fourth-order valence-electron chi connectivity index (χ4n) is 3.07. The van der Waals surface area contributed by atoms with Crippen LogP contribution in [0.1, 0.15) is 11.4 Å². The lowest BCUT2D eigenvalue weighted by atomic mass is 10.1. The molecule has 0 saturated carbocycles. The summed E-state index contributed by atoms with van der Waals surface area (Å²) in [6.45, 7) is -0.241. The number of allylic oxidation sites excluding steroid dienone is 1. The Morgan fingerprint density at radius 1 is 1.15 bits per heavy atom. The molecule has 1 heterocycles. The van der Waals surface area contributed by atoms with Crippen molar-refractivity contribution in [2.45, 2.75) is 0 Å². The summed E-state index contributed by atoms with van der Waals surface area (Å²) >= 11 is 15.3. The van der Waals surface area contributed by atoms with Gasteiger partial charge in [-0.2, -0.15) is 5.26 Å². The van der Waals surface area contributed by atoms with Gasteiger partial charge < -0.3 is 15.0 Å². The number of H-pyrrole nitrogens is 1. The molecule has 1 aromatic heterocycles. The van der Waals surface area contributed by atoms with Gasteiger partial charge in [-0.05, 0) is 54.6 Å². The maximum Gasteiger partial charge on any atom is 0.262 e. The van der Waals surface area contributed by atoms with Crippen molar-refractivity contribution in [3.05, 3.63) is 86.6 Å². The molecule has 164 valence electrons. The maximum atomic E-state index is 12.4. The largest absolute Gasteiger partial charge is 0.483 e. The number of anilines is 1. The van der Waals surface area contributed by atoms with Crippen molar-refractivity contribution in [3.8, 4) is 11.8 Å². The van der Waals surface area contributed by atoms with E-state index in [-0.39, 0.29) is 12.5 Å². The number of amides is 1. The Morgan fingerprint density at radius 2 is 1.97 bits per heavy atom. The first-order chi connectivity index (χ1) is 15.9. The normalized spacial score (nSPS) is 11.3. The van der Waals surface area contributed by atoms with E-state index >= 15 is 0 Å². The zero-order chi connectivity index (χ0) is 23.4. The van der Waals surface area contributed by atoms with Crippen LogP contribution in [0.25, 0.3) is 22.7 Å². The molecule has 2 N–H and O–H groups in total. The Kier molecular flexibility index (Phi) is 6.99. The number of benzene rings is 3. The summed E-state index contributed by atoms with van der Waals surface area (Å²) in [6, 6.07) is 19.8. The molecule has 0 spiro atoms. The van der Waals surface area contributed by atoms with Gasteiger partial charge in [-0.3, -0.25) is 4.79 Å². The van der Waals surface area contributed by atoms with Gasteiger partial charge in [0.2, 0.25) is 0 Å². The van der Waals surface area contributed by atoms with Crippen LogP contribution >= 0.6 is 39.1 Å². The number of rotatable bonds is 6. The number of carbonyl (C=O) groups is 1. The second-order valence-electron chi connectivity index (χ2n) is 6.92. The monoisotopic (exact) mass is 540 g/mol. The number of hydrogen-bond acceptors (Lipinski definition) is 4. The van der Waals surface area contributed by atoms with Crippen molar-refractivity contribution in [1.82, 2.24) is 9.97 Å². The second kappa shape index (κ2) is 10.1. The van der Waals surface area contributed by atoms with E-state index in [2.05, 4.69) is 37.3 Å². The van der Waals surface area contributed by atoms with Gasteiger partial charge in [-0.1, -0.05) is 51.3 Å². The van der Waals surface area contributed by atoms with Crippen molar-refractivity contribution < 1.29 is 9.53 Å². The third kappa shape index (κ3) is 5.55. The van der Waals surface area contributed by atoms with Crippen LogP contribution in [0, 0.1) is 11.3 Å². The minimum atomic E-state index is -0.371. The van der Waals surface area contributed by atoms with E-state index in [1.165, 1.54) is 0 Å². The number of nitrogens with one attached hydrogen (secondary N) is 2. The summed E-state index contributed by atoms with van der Waals surface area (Å²) in [5, 5.41) is 13.2. The molecule has 33 heavy (non-hydrogen) atoms. The third-order valence-corrected chi connectivity index (χ3v) is 5.83. The van der Waals surface area contributed by atoms with Crippen LogP contribution in [-0.2, 0) is 4.79 Å². The Labute approximate surface area is 207 Å². The number of carbonyl (C=O) groups excluding carboxylic acids is 1. The van der Waals surface area contributed by atoms with E-state index in [4.69, 9.17) is 27.9 Å². The number of nitriles is 1. The molecule has 0 saturated heterocycles. The quantitative estimate of drug-likeness (QED) is 0.265. The van der Waals surface area contributed by atoms with Crippen molar-refractivity contribution in [2.75, 3.05) is 11.9 Å². The number of ether oxygens (including phenoxy) is 1. The number of fused-ring (bicyclic) bond motifs is 1. The lowest BCUT2D eigenvalue weighted by Gasteiger charge is -2.11. The van der Waals surface area contributed by atoms with Crippen molar-refractivity contribution >= 4 is 73.4 Å². The smallest absolute Gasteiger partial charge is 0.262 e.